The molecule has 1 saturated carbocycles. The number of aryl methyl sites for hydroxylation is 5. The molecule has 0 amide bonds. The average Bonchev–Trinajstić information content (AvgIpc) is 3.95. The van der Waals surface area contributed by atoms with Crippen LogP contribution in [0.2, 0.25) is 0 Å². The molecular formula is C48H60N2. The third-order valence-corrected chi connectivity index (χ3v) is 11.0. The van der Waals surface area contributed by atoms with E-state index >= 15 is 0 Å². The average molecular weight is 665 g/mol. The van der Waals surface area contributed by atoms with E-state index in [0.717, 1.165) is 11.8 Å². The maximum Gasteiger partial charge on any atom is 0.0509 e. The van der Waals surface area contributed by atoms with Crippen molar-refractivity contribution in [3.63, 3.8) is 0 Å². The van der Waals surface area contributed by atoms with Crippen molar-refractivity contribution in [2.45, 2.75) is 105 Å². The highest BCUT2D eigenvalue weighted by molar-refractivity contribution is 6.10. The Kier molecular flexibility index (Phi) is 12.3. The summed E-state index contributed by atoms with van der Waals surface area (Å²) in [6, 6.07) is 37.5. The zero-order chi connectivity index (χ0) is 35.9. The molecule has 5 aromatic carbocycles. The van der Waals surface area contributed by atoms with Gasteiger partial charge in [-0.05, 0) is 140 Å². The molecule has 0 N–H and O–H groups in total. The first-order chi connectivity index (χ1) is 24.0. The number of fused-ring (bicyclic) bond motifs is 3. The summed E-state index contributed by atoms with van der Waals surface area (Å²) in [6.07, 6.45) is 6.47. The molecule has 0 saturated heterocycles. The van der Waals surface area contributed by atoms with Gasteiger partial charge in [-0.1, -0.05) is 107 Å². The lowest BCUT2D eigenvalue weighted by Gasteiger charge is -2.24. The minimum absolute atomic E-state index is 0.613. The van der Waals surface area contributed by atoms with Crippen molar-refractivity contribution in [1.29, 1.82) is 0 Å². The molecule has 262 valence electrons. The van der Waals surface area contributed by atoms with Gasteiger partial charge < -0.3 is 9.47 Å². The van der Waals surface area contributed by atoms with E-state index in [1.807, 2.05) is 0 Å². The SMILES string of the molecule is CCC(C)c1cc2c(cc1C1CC1)c1cc(C)c(N(C)c3ccccc3C)cc1n2C.CCCC(C)c1ccccc1.Cc1ccccc1C. The number of benzene rings is 5. The summed E-state index contributed by atoms with van der Waals surface area (Å²) in [7, 11) is 4.42. The molecule has 7 rings (SSSR count). The fourth-order valence-corrected chi connectivity index (χ4v) is 7.29. The van der Waals surface area contributed by atoms with Crippen LogP contribution in [0, 0.1) is 27.7 Å². The van der Waals surface area contributed by atoms with E-state index in [2.05, 4.69) is 182 Å². The van der Waals surface area contributed by atoms with Crippen LogP contribution in [0.5, 0.6) is 0 Å². The van der Waals surface area contributed by atoms with Gasteiger partial charge in [0, 0.05) is 41.8 Å². The third kappa shape index (κ3) is 8.35. The van der Waals surface area contributed by atoms with Crippen LogP contribution in [0.25, 0.3) is 21.8 Å². The number of para-hydroxylation sites is 1. The second-order valence-corrected chi connectivity index (χ2v) is 14.8. The maximum absolute atomic E-state index is 2.53. The maximum atomic E-state index is 2.53. The van der Waals surface area contributed by atoms with Crippen molar-refractivity contribution >= 4 is 33.2 Å². The van der Waals surface area contributed by atoms with E-state index in [0.29, 0.717) is 5.92 Å². The van der Waals surface area contributed by atoms with Crippen molar-refractivity contribution in [1.82, 2.24) is 4.57 Å². The summed E-state index contributed by atoms with van der Waals surface area (Å²) in [6.45, 7) is 17.9. The molecule has 50 heavy (non-hydrogen) atoms. The second-order valence-electron chi connectivity index (χ2n) is 14.8. The minimum atomic E-state index is 0.613. The summed E-state index contributed by atoms with van der Waals surface area (Å²) in [4.78, 5) is 2.34. The van der Waals surface area contributed by atoms with Crippen LogP contribution < -0.4 is 4.90 Å². The lowest BCUT2D eigenvalue weighted by molar-refractivity contribution is 0.665. The van der Waals surface area contributed by atoms with Gasteiger partial charge in [-0.25, -0.2) is 0 Å². The number of hydrogen-bond acceptors (Lipinski definition) is 1. The first kappa shape index (κ1) is 37.0. The van der Waals surface area contributed by atoms with Crippen molar-refractivity contribution in [2.75, 3.05) is 11.9 Å². The Morgan fingerprint density at radius 3 is 1.76 bits per heavy atom. The fourth-order valence-electron chi connectivity index (χ4n) is 7.29. The molecule has 2 heteroatoms. The van der Waals surface area contributed by atoms with Crippen molar-refractivity contribution in [3.05, 3.63) is 142 Å². The van der Waals surface area contributed by atoms with Crippen LogP contribution in [-0.2, 0) is 7.05 Å². The first-order valence-corrected chi connectivity index (χ1v) is 19.0. The second kappa shape index (κ2) is 16.6. The molecule has 1 aliphatic rings. The third-order valence-electron chi connectivity index (χ3n) is 11.0. The number of rotatable bonds is 8. The predicted octanol–water partition coefficient (Wildman–Crippen LogP) is 14.0. The Labute approximate surface area is 303 Å². The topological polar surface area (TPSA) is 8.17 Å². The van der Waals surface area contributed by atoms with E-state index in [4.69, 9.17) is 0 Å². The molecule has 2 atom stereocenters. The molecule has 0 spiro atoms. The highest BCUT2D eigenvalue weighted by atomic mass is 15.1. The fraction of sp³-hybridized carbons (Fsp3) is 0.375. The highest BCUT2D eigenvalue weighted by Crippen LogP contribution is 2.46. The van der Waals surface area contributed by atoms with Gasteiger partial charge in [0.15, 0.2) is 0 Å². The molecular weight excluding hydrogens is 605 g/mol. The largest absolute Gasteiger partial charge is 0.344 e. The Morgan fingerprint density at radius 2 is 1.20 bits per heavy atom. The lowest BCUT2D eigenvalue weighted by Crippen LogP contribution is -2.12. The van der Waals surface area contributed by atoms with Gasteiger partial charge in [-0.15, -0.1) is 0 Å². The Bertz CT molecular complexity index is 1990. The van der Waals surface area contributed by atoms with Gasteiger partial charge >= 0.3 is 0 Å². The predicted molar refractivity (Wildman–Crippen MR) is 221 cm³/mol. The van der Waals surface area contributed by atoms with Crippen LogP contribution in [0.15, 0.2) is 103 Å². The lowest BCUT2D eigenvalue weighted by atomic mass is 9.90. The van der Waals surface area contributed by atoms with Crippen LogP contribution in [0.3, 0.4) is 0 Å². The van der Waals surface area contributed by atoms with Crippen LogP contribution in [0.1, 0.15) is 116 Å². The smallest absolute Gasteiger partial charge is 0.0509 e. The Balaban J connectivity index is 0.000000208. The normalized spacial score (nSPS) is 13.6. The molecule has 1 fully saturated rings. The molecule has 1 aromatic heterocycles. The number of aromatic nitrogens is 1. The monoisotopic (exact) mass is 664 g/mol. The summed E-state index contributed by atoms with van der Waals surface area (Å²) in [5.41, 5.74) is 15.2. The summed E-state index contributed by atoms with van der Waals surface area (Å²) >= 11 is 0. The molecule has 0 bridgehead atoms. The molecule has 0 aliphatic heterocycles. The zero-order valence-corrected chi connectivity index (χ0v) is 32.5. The Morgan fingerprint density at radius 1 is 0.640 bits per heavy atom. The standard InChI is InChI=1S/C29H34N2.C11H16.C8H10/c1-7-18(2)22-16-28-25(15-23(22)21-12-13-21)24-14-20(4)27(17-29(24)31(28)6)30(5)26-11-9-8-10-19(26)3;1-3-7-10(2)11-8-5-4-6-9-11;1-7-5-3-4-6-8(7)2/h8-11,14-18,21H,7,12-13H2,1-6H3;4-6,8-10H,3,7H2,1-2H3;3-6H,1-2H3. The molecule has 1 heterocycles. The van der Waals surface area contributed by atoms with Gasteiger partial charge in [0.1, 0.15) is 0 Å². The Hall–Kier alpha value is -4.30. The first-order valence-electron chi connectivity index (χ1n) is 19.0. The van der Waals surface area contributed by atoms with Gasteiger partial charge in [0.05, 0.1) is 5.52 Å². The zero-order valence-electron chi connectivity index (χ0n) is 32.5. The summed E-state index contributed by atoms with van der Waals surface area (Å²) in [5.74, 6) is 2.11. The van der Waals surface area contributed by atoms with Gasteiger partial charge in [-0.2, -0.15) is 0 Å². The van der Waals surface area contributed by atoms with Crippen molar-refractivity contribution < 1.29 is 0 Å². The van der Waals surface area contributed by atoms with Gasteiger partial charge in [-0.3, -0.25) is 0 Å². The van der Waals surface area contributed by atoms with Gasteiger partial charge in [0.25, 0.3) is 0 Å². The number of nitrogens with zero attached hydrogens (tertiary/aromatic N) is 2. The van der Waals surface area contributed by atoms with E-state index in [9.17, 15) is 0 Å². The van der Waals surface area contributed by atoms with Crippen molar-refractivity contribution in [2.24, 2.45) is 7.05 Å². The summed E-state index contributed by atoms with van der Waals surface area (Å²) < 4.78 is 2.40. The van der Waals surface area contributed by atoms with E-state index in [1.54, 1.807) is 11.1 Å². The quantitative estimate of drug-likeness (QED) is 0.157. The van der Waals surface area contributed by atoms with Crippen LogP contribution in [-0.4, -0.2) is 11.6 Å². The van der Waals surface area contributed by atoms with E-state index in [-0.39, 0.29) is 0 Å². The molecule has 6 aromatic rings. The molecule has 2 unspecified atom stereocenters. The highest BCUT2D eigenvalue weighted by Gasteiger charge is 2.28. The minimum Gasteiger partial charge on any atom is -0.344 e. The van der Waals surface area contributed by atoms with Crippen molar-refractivity contribution in [3.8, 4) is 0 Å². The van der Waals surface area contributed by atoms with E-state index in [1.165, 1.54) is 93.1 Å². The molecule has 0 radical (unpaired) electrons. The van der Waals surface area contributed by atoms with E-state index < -0.39 is 0 Å². The molecule has 2 nitrogen and oxygen atoms in total. The summed E-state index contributed by atoms with van der Waals surface area (Å²) in [5, 5.41) is 2.80. The number of anilines is 2. The number of hydrogen-bond donors (Lipinski definition) is 0. The van der Waals surface area contributed by atoms with Crippen LogP contribution >= 0.6 is 0 Å². The molecule has 1 aliphatic carbocycles. The van der Waals surface area contributed by atoms with Gasteiger partial charge in [0.2, 0.25) is 0 Å². The van der Waals surface area contributed by atoms with Crippen LogP contribution in [0.4, 0.5) is 11.4 Å².